The molecule has 1 N–H and O–H groups in total. The van der Waals surface area contributed by atoms with E-state index in [0.29, 0.717) is 5.75 Å². The van der Waals surface area contributed by atoms with Gasteiger partial charge < -0.3 is 14.6 Å². The summed E-state index contributed by atoms with van der Waals surface area (Å²) in [5.74, 6) is 0.184. The quantitative estimate of drug-likeness (QED) is 0.588. The Morgan fingerprint density at radius 2 is 1.93 bits per heavy atom. The van der Waals surface area contributed by atoms with Crippen LogP contribution in [0, 0.1) is 5.82 Å². The first-order valence-corrected chi connectivity index (χ1v) is 10.1. The van der Waals surface area contributed by atoms with Crippen LogP contribution >= 0.6 is 11.8 Å². The van der Waals surface area contributed by atoms with Crippen molar-refractivity contribution in [3.63, 3.8) is 0 Å². The van der Waals surface area contributed by atoms with E-state index >= 15 is 0 Å². The Balaban J connectivity index is 1.54. The normalized spacial score (nSPS) is 10.8. The third-order valence-corrected chi connectivity index (χ3v) is 4.61. The number of hydrogen-bond donors (Lipinski definition) is 1. The van der Waals surface area contributed by atoms with Gasteiger partial charge in [-0.15, -0.1) is 0 Å². The lowest BCUT2D eigenvalue weighted by atomic mass is 10.2. The average Bonchev–Trinajstić information content (AvgIpc) is 3.03. The van der Waals surface area contributed by atoms with Crippen molar-refractivity contribution in [2.45, 2.75) is 18.8 Å². The van der Waals surface area contributed by atoms with Crippen molar-refractivity contribution in [3.8, 4) is 0 Å². The fraction of sp³-hybridized carbons (Fsp3) is 0.250. The molecule has 1 aromatic heterocycles. The Hall–Kier alpha value is -2.87. The number of thioether (sulfide) groups is 1. The molecule has 0 atom stereocenters. The van der Waals surface area contributed by atoms with Gasteiger partial charge in [0.05, 0.1) is 16.8 Å². The van der Waals surface area contributed by atoms with Gasteiger partial charge in [-0.1, -0.05) is 24.3 Å². The summed E-state index contributed by atoms with van der Waals surface area (Å²) in [6, 6.07) is 13.4. The van der Waals surface area contributed by atoms with Crippen molar-refractivity contribution in [1.29, 1.82) is 0 Å². The molecule has 3 rings (SSSR count). The first kappa shape index (κ1) is 19.9. The number of halogens is 1. The first-order chi connectivity index (χ1) is 13.6. The SMILES string of the molecule is CSCc1nc2ccccc2n1CC(=O)OCC(=O)NCc1ccc(F)cc1. The van der Waals surface area contributed by atoms with E-state index in [0.717, 1.165) is 22.4 Å². The van der Waals surface area contributed by atoms with Crippen molar-refractivity contribution in [2.24, 2.45) is 0 Å². The van der Waals surface area contributed by atoms with Gasteiger partial charge in [-0.05, 0) is 36.1 Å². The number of carbonyl (C=O) groups excluding carboxylic acids is 2. The third kappa shape index (κ3) is 5.10. The van der Waals surface area contributed by atoms with E-state index < -0.39 is 11.9 Å². The monoisotopic (exact) mass is 401 g/mol. The number of carbonyl (C=O) groups is 2. The highest BCUT2D eigenvalue weighted by Crippen LogP contribution is 2.19. The number of esters is 1. The molecule has 2 aromatic carbocycles. The summed E-state index contributed by atoms with van der Waals surface area (Å²) in [7, 11) is 0. The van der Waals surface area contributed by atoms with Crippen LogP contribution in [0.5, 0.6) is 0 Å². The minimum absolute atomic E-state index is 0.0123. The molecule has 1 heterocycles. The van der Waals surface area contributed by atoms with Gasteiger partial charge in [0, 0.05) is 6.54 Å². The van der Waals surface area contributed by atoms with E-state index in [4.69, 9.17) is 4.74 Å². The molecule has 3 aromatic rings. The number of aromatic nitrogens is 2. The van der Waals surface area contributed by atoms with E-state index in [2.05, 4.69) is 10.3 Å². The zero-order valence-corrected chi connectivity index (χ0v) is 16.2. The lowest BCUT2D eigenvalue weighted by Gasteiger charge is -2.09. The molecule has 0 saturated heterocycles. The van der Waals surface area contributed by atoms with Gasteiger partial charge in [0.2, 0.25) is 0 Å². The number of amides is 1. The zero-order valence-electron chi connectivity index (χ0n) is 15.4. The van der Waals surface area contributed by atoms with Gasteiger partial charge in [-0.3, -0.25) is 9.59 Å². The van der Waals surface area contributed by atoms with E-state index in [1.807, 2.05) is 35.1 Å². The fourth-order valence-electron chi connectivity index (χ4n) is 2.72. The lowest BCUT2D eigenvalue weighted by molar-refractivity contribution is -0.149. The highest BCUT2D eigenvalue weighted by atomic mass is 32.2. The van der Waals surface area contributed by atoms with Gasteiger partial charge in [-0.2, -0.15) is 11.8 Å². The van der Waals surface area contributed by atoms with Crippen molar-refractivity contribution >= 4 is 34.7 Å². The molecule has 0 unspecified atom stereocenters. The molecule has 28 heavy (non-hydrogen) atoms. The Bertz CT molecular complexity index is 972. The molecule has 8 heteroatoms. The molecule has 0 saturated carbocycles. The van der Waals surface area contributed by atoms with Gasteiger partial charge in [0.25, 0.3) is 5.91 Å². The predicted molar refractivity (Wildman–Crippen MR) is 106 cm³/mol. The summed E-state index contributed by atoms with van der Waals surface area (Å²) < 4.78 is 19.8. The maximum Gasteiger partial charge on any atom is 0.326 e. The van der Waals surface area contributed by atoms with Gasteiger partial charge in [0.15, 0.2) is 6.61 Å². The smallest absolute Gasteiger partial charge is 0.326 e. The fourth-order valence-corrected chi connectivity index (χ4v) is 3.19. The van der Waals surface area contributed by atoms with Crippen LogP contribution < -0.4 is 5.32 Å². The van der Waals surface area contributed by atoms with E-state index in [1.54, 1.807) is 23.9 Å². The second-order valence-electron chi connectivity index (χ2n) is 6.10. The topological polar surface area (TPSA) is 73.2 Å². The van der Waals surface area contributed by atoms with E-state index in [9.17, 15) is 14.0 Å². The molecule has 146 valence electrons. The number of benzene rings is 2. The maximum atomic E-state index is 12.9. The molecule has 0 fully saturated rings. The van der Waals surface area contributed by atoms with Crippen LogP contribution in [0.4, 0.5) is 4.39 Å². The molecule has 0 aliphatic carbocycles. The number of rotatable bonds is 8. The van der Waals surface area contributed by atoms with Crippen molar-refractivity contribution in [1.82, 2.24) is 14.9 Å². The highest BCUT2D eigenvalue weighted by Gasteiger charge is 2.15. The Morgan fingerprint density at radius 3 is 2.68 bits per heavy atom. The number of imidazole rings is 1. The van der Waals surface area contributed by atoms with Crippen LogP contribution in [0.2, 0.25) is 0 Å². The Morgan fingerprint density at radius 1 is 1.18 bits per heavy atom. The second kappa shape index (κ2) is 9.36. The zero-order chi connectivity index (χ0) is 19.9. The van der Waals surface area contributed by atoms with E-state index in [-0.39, 0.29) is 25.5 Å². The number of para-hydroxylation sites is 2. The summed E-state index contributed by atoms with van der Waals surface area (Å²) in [6.45, 7) is -0.146. The number of hydrogen-bond acceptors (Lipinski definition) is 5. The van der Waals surface area contributed by atoms with E-state index in [1.165, 1.54) is 12.1 Å². The maximum absolute atomic E-state index is 12.9. The second-order valence-corrected chi connectivity index (χ2v) is 6.97. The van der Waals surface area contributed by atoms with Crippen molar-refractivity contribution < 1.29 is 18.7 Å². The summed E-state index contributed by atoms with van der Waals surface area (Å²) >= 11 is 1.61. The lowest BCUT2D eigenvalue weighted by Crippen LogP contribution is -2.29. The number of nitrogens with zero attached hydrogens (tertiary/aromatic N) is 2. The van der Waals surface area contributed by atoms with Crippen molar-refractivity contribution in [3.05, 3.63) is 65.7 Å². The predicted octanol–water partition coefficient (Wildman–Crippen LogP) is 2.90. The molecule has 6 nitrogen and oxygen atoms in total. The van der Waals surface area contributed by atoms with Crippen LogP contribution in [0.15, 0.2) is 48.5 Å². The molecular weight excluding hydrogens is 381 g/mol. The standard InChI is InChI=1S/C20H20FN3O3S/c1-28-13-18-23-16-4-2-3-5-17(16)24(18)11-20(26)27-12-19(25)22-10-14-6-8-15(21)9-7-14/h2-9H,10-13H2,1H3,(H,22,25). The Labute approximate surface area is 166 Å². The van der Waals surface area contributed by atoms with Gasteiger partial charge >= 0.3 is 5.97 Å². The third-order valence-electron chi connectivity index (χ3n) is 4.06. The first-order valence-electron chi connectivity index (χ1n) is 8.66. The molecule has 0 aliphatic rings. The minimum atomic E-state index is -0.512. The van der Waals surface area contributed by atoms with Crippen LogP contribution in [0.25, 0.3) is 11.0 Å². The summed E-state index contributed by atoms with van der Waals surface area (Å²) in [4.78, 5) is 28.7. The van der Waals surface area contributed by atoms with Crippen LogP contribution in [-0.2, 0) is 33.2 Å². The number of ether oxygens (including phenoxy) is 1. The van der Waals surface area contributed by atoms with Crippen LogP contribution in [0.3, 0.4) is 0 Å². The highest BCUT2D eigenvalue weighted by molar-refractivity contribution is 7.97. The molecule has 0 aliphatic heterocycles. The largest absolute Gasteiger partial charge is 0.454 e. The number of fused-ring (bicyclic) bond motifs is 1. The molecule has 0 bridgehead atoms. The molecule has 1 amide bonds. The summed E-state index contributed by atoms with van der Waals surface area (Å²) in [5, 5.41) is 2.63. The van der Waals surface area contributed by atoms with Crippen LogP contribution in [0.1, 0.15) is 11.4 Å². The Kier molecular flexibility index (Phi) is 6.65. The number of nitrogens with one attached hydrogen (secondary N) is 1. The molecule has 0 spiro atoms. The average molecular weight is 401 g/mol. The van der Waals surface area contributed by atoms with Crippen molar-refractivity contribution in [2.75, 3.05) is 12.9 Å². The molecular formula is C20H20FN3O3S. The minimum Gasteiger partial charge on any atom is -0.454 e. The van der Waals surface area contributed by atoms with Gasteiger partial charge in [-0.25, -0.2) is 9.37 Å². The van der Waals surface area contributed by atoms with Crippen LogP contribution in [-0.4, -0.2) is 34.3 Å². The van der Waals surface area contributed by atoms with Gasteiger partial charge in [0.1, 0.15) is 18.2 Å². The summed E-state index contributed by atoms with van der Waals surface area (Å²) in [6.07, 6.45) is 1.97. The summed E-state index contributed by atoms with van der Waals surface area (Å²) in [5.41, 5.74) is 2.42. The molecule has 0 radical (unpaired) electrons.